The van der Waals surface area contributed by atoms with Crippen molar-refractivity contribution in [3.05, 3.63) is 34.3 Å². The summed E-state index contributed by atoms with van der Waals surface area (Å²) in [6.07, 6.45) is 3.50. The first-order valence-corrected chi connectivity index (χ1v) is 7.85. The minimum absolute atomic E-state index is 0.191. The molecular weight excluding hydrogens is 312 g/mol. The molecule has 0 spiro atoms. The molecular formula is C15H20BrClO. The van der Waals surface area contributed by atoms with Crippen LogP contribution in [0.4, 0.5) is 0 Å². The Kier molecular flexibility index (Phi) is 4.74. The summed E-state index contributed by atoms with van der Waals surface area (Å²) in [4.78, 5) is 0. The van der Waals surface area contributed by atoms with Crippen LogP contribution in [0.3, 0.4) is 0 Å². The van der Waals surface area contributed by atoms with Crippen molar-refractivity contribution < 1.29 is 4.74 Å². The van der Waals surface area contributed by atoms with Crippen LogP contribution >= 0.6 is 27.5 Å². The summed E-state index contributed by atoms with van der Waals surface area (Å²) >= 11 is 9.82. The highest BCUT2D eigenvalue weighted by Gasteiger charge is 2.52. The zero-order chi connectivity index (χ0) is 13.2. The number of rotatable bonds is 5. The van der Waals surface area contributed by atoms with E-state index in [4.69, 9.17) is 16.3 Å². The normalized spacial score (nSPS) is 25.8. The highest BCUT2D eigenvalue weighted by atomic mass is 79.9. The smallest absolute Gasteiger partial charge is 0.0720 e. The van der Waals surface area contributed by atoms with Crippen molar-refractivity contribution >= 4 is 27.5 Å². The van der Waals surface area contributed by atoms with Gasteiger partial charge in [0.25, 0.3) is 0 Å². The van der Waals surface area contributed by atoms with Gasteiger partial charge in [-0.15, -0.1) is 11.6 Å². The van der Waals surface area contributed by atoms with Gasteiger partial charge in [0.2, 0.25) is 0 Å². The second-order valence-corrected chi connectivity index (χ2v) is 6.51. The molecule has 2 unspecified atom stereocenters. The molecule has 0 amide bonds. The summed E-state index contributed by atoms with van der Waals surface area (Å²) in [5.74, 6) is 0. The van der Waals surface area contributed by atoms with Gasteiger partial charge in [-0.3, -0.25) is 0 Å². The Morgan fingerprint density at radius 1 is 1.28 bits per heavy atom. The van der Waals surface area contributed by atoms with Gasteiger partial charge in [0.05, 0.1) is 12.7 Å². The second-order valence-electron chi connectivity index (χ2n) is 5.07. The standard InChI is InChI=1S/C15H20BrClO/c1-3-15(4-2)13(17)9-14(15)18-10-11-5-7-12(16)8-6-11/h5-8,13-14H,3-4,9-10H2,1-2H3. The summed E-state index contributed by atoms with van der Waals surface area (Å²) in [5, 5.41) is 0.280. The quantitative estimate of drug-likeness (QED) is 0.678. The van der Waals surface area contributed by atoms with Gasteiger partial charge in [-0.1, -0.05) is 41.9 Å². The molecule has 1 fully saturated rings. The van der Waals surface area contributed by atoms with E-state index in [0.29, 0.717) is 12.7 Å². The number of hydrogen-bond donors (Lipinski definition) is 0. The van der Waals surface area contributed by atoms with E-state index in [2.05, 4.69) is 54.0 Å². The molecule has 0 aliphatic heterocycles. The average Bonchev–Trinajstić information content (AvgIpc) is 2.38. The number of alkyl halides is 1. The van der Waals surface area contributed by atoms with Gasteiger partial charge >= 0.3 is 0 Å². The van der Waals surface area contributed by atoms with Gasteiger partial charge in [-0.25, -0.2) is 0 Å². The molecule has 0 radical (unpaired) electrons. The van der Waals surface area contributed by atoms with E-state index >= 15 is 0 Å². The highest BCUT2D eigenvalue weighted by molar-refractivity contribution is 9.10. The number of benzene rings is 1. The molecule has 1 aromatic carbocycles. The summed E-state index contributed by atoms with van der Waals surface area (Å²) < 4.78 is 7.18. The topological polar surface area (TPSA) is 9.23 Å². The lowest BCUT2D eigenvalue weighted by Crippen LogP contribution is -2.55. The van der Waals surface area contributed by atoms with Crippen molar-refractivity contribution in [2.45, 2.75) is 51.2 Å². The van der Waals surface area contributed by atoms with Crippen LogP contribution in [0.2, 0.25) is 0 Å². The van der Waals surface area contributed by atoms with Gasteiger partial charge in [0.1, 0.15) is 0 Å². The number of hydrogen-bond acceptors (Lipinski definition) is 1. The third-order valence-corrected chi connectivity index (χ3v) is 5.51. The first-order valence-electron chi connectivity index (χ1n) is 6.62. The third-order valence-electron chi connectivity index (χ3n) is 4.37. The maximum atomic E-state index is 6.38. The maximum absolute atomic E-state index is 6.38. The van der Waals surface area contributed by atoms with Gasteiger partial charge in [-0.2, -0.15) is 0 Å². The lowest BCUT2D eigenvalue weighted by molar-refractivity contribution is -0.119. The molecule has 1 nitrogen and oxygen atoms in total. The van der Waals surface area contributed by atoms with Crippen LogP contribution in [0.1, 0.15) is 38.7 Å². The van der Waals surface area contributed by atoms with Crippen LogP contribution in [0.5, 0.6) is 0 Å². The molecule has 0 N–H and O–H groups in total. The van der Waals surface area contributed by atoms with Crippen LogP contribution in [0.15, 0.2) is 28.7 Å². The Labute approximate surface area is 123 Å². The molecule has 3 heteroatoms. The molecule has 1 saturated carbocycles. The molecule has 18 heavy (non-hydrogen) atoms. The summed E-state index contributed by atoms with van der Waals surface area (Å²) in [7, 11) is 0. The monoisotopic (exact) mass is 330 g/mol. The fraction of sp³-hybridized carbons (Fsp3) is 0.600. The fourth-order valence-electron chi connectivity index (χ4n) is 2.86. The molecule has 1 aromatic rings. The van der Waals surface area contributed by atoms with E-state index in [9.17, 15) is 0 Å². The third kappa shape index (κ3) is 2.61. The Morgan fingerprint density at radius 2 is 1.89 bits per heavy atom. The zero-order valence-corrected chi connectivity index (χ0v) is 13.3. The van der Waals surface area contributed by atoms with E-state index in [1.807, 2.05) is 0 Å². The number of ether oxygens (including phenoxy) is 1. The van der Waals surface area contributed by atoms with Crippen molar-refractivity contribution in [2.24, 2.45) is 5.41 Å². The maximum Gasteiger partial charge on any atom is 0.0720 e. The molecule has 2 atom stereocenters. The first-order chi connectivity index (χ1) is 8.62. The molecule has 1 aliphatic rings. The van der Waals surface area contributed by atoms with E-state index in [0.717, 1.165) is 23.7 Å². The molecule has 100 valence electrons. The number of halogens is 2. The van der Waals surface area contributed by atoms with Crippen molar-refractivity contribution in [1.29, 1.82) is 0 Å². The molecule has 2 rings (SSSR count). The van der Waals surface area contributed by atoms with Crippen molar-refractivity contribution in [1.82, 2.24) is 0 Å². The van der Waals surface area contributed by atoms with Crippen molar-refractivity contribution in [3.8, 4) is 0 Å². The summed E-state index contributed by atoms with van der Waals surface area (Å²) in [5.41, 5.74) is 1.41. The Bertz CT molecular complexity index is 386. The Balaban J connectivity index is 1.93. The Morgan fingerprint density at radius 3 is 2.39 bits per heavy atom. The van der Waals surface area contributed by atoms with E-state index in [-0.39, 0.29) is 10.8 Å². The van der Waals surface area contributed by atoms with Crippen molar-refractivity contribution in [3.63, 3.8) is 0 Å². The van der Waals surface area contributed by atoms with E-state index in [1.54, 1.807) is 0 Å². The van der Waals surface area contributed by atoms with E-state index in [1.165, 1.54) is 5.56 Å². The first kappa shape index (κ1) is 14.4. The van der Waals surface area contributed by atoms with Gasteiger partial charge < -0.3 is 4.74 Å². The van der Waals surface area contributed by atoms with E-state index < -0.39 is 0 Å². The van der Waals surface area contributed by atoms with Crippen LogP contribution in [-0.2, 0) is 11.3 Å². The minimum Gasteiger partial charge on any atom is -0.373 e. The molecule has 0 bridgehead atoms. The Hall–Kier alpha value is -0.0500. The molecule has 0 saturated heterocycles. The van der Waals surface area contributed by atoms with Crippen LogP contribution in [-0.4, -0.2) is 11.5 Å². The molecule has 1 aliphatic carbocycles. The largest absolute Gasteiger partial charge is 0.373 e. The lowest BCUT2D eigenvalue weighted by Gasteiger charge is -2.52. The second kappa shape index (κ2) is 5.94. The lowest BCUT2D eigenvalue weighted by atomic mass is 9.62. The van der Waals surface area contributed by atoms with Crippen molar-refractivity contribution in [2.75, 3.05) is 0 Å². The predicted molar refractivity (Wildman–Crippen MR) is 80.0 cm³/mol. The fourth-order valence-corrected chi connectivity index (χ4v) is 3.73. The van der Waals surface area contributed by atoms with Crippen LogP contribution < -0.4 is 0 Å². The van der Waals surface area contributed by atoms with Gasteiger partial charge in [-0.05, 0) is 37.0 Å². The summed E-state index contributed by atoms with van der Waals surface area (Å²) in [6, 6.07) is 8.30. The SMILES string of the molecule is CCC1(CC)C(Cl)CC1OCc1ccc(Br)cc1. The highest BCUT2D eigenvalue weighted by Crippen LogP contribution is 2.52. The van der Waals surface area contributed by atoms with Crippen LogP contribution in [0.25, 0.3) is 0 Å². The molecule has 0 aromatic heterocycles. The molecule has 0 heterocycles. The minimum atomic E-state index is 0.191. The zero-order valence-electron chi connectivity index (χ0n) is 11.0. The van der Waals surface area contributed by atoms with Crippen LogP contribution in [0, 0.1) is 5.41 Å². The van der Waals surface area contributed by atoms with Gasteiger partial charge in [0, 0.05) is 15.3 Å². The average molecular weight is 332 g/mol. The summed E-state index contributed by atoms with van der Waals surface area (Å²) in [6.45, 7) is 5.12. The predicted octanol–water partition coefficient (Wildman–Crippen LogP) is 5.15. The van der Waals surface area contributed by atoms with Gasteiger partial charge in [0.15, 0.2) is 0 Å².